The Morgan fingerprint density at radius 1 is 1.59 bits per heavy atom. The minimum atomic E-state index is -0.117. The van der Waals surface area contributed by atoms with E-state index in [0.717, 1.165) is 5.56 Å². The van der Waals surface area contributed by atoms with Crippen LogP contribution in [0.4, 0.5) is 0 Å². The lowest BCUT2D eigenvalue weighted by atomic mass is 10.2. The third-order valence-corrected chi connectivity index (χ3v) is 4.00. The molecule has 1 N–H and O–H groups in total. The monoisotopic (exact) mass is 330 g/mol. The van der Waals surface area contributed by atoms with Crippen LogP contribution in [0.15, 0.2) is 27.8 Å². The highest BCUT2D eigenvalue weighted by atomic mass is 79.9. The van der Waals surface area contributed by atoms with Crippen molar-refractivity contribution in [2.24, 2.45) is 5.10 Å². The number of thiocarbonyl (C=S) groups is 1. The summed E-state index contributed by atoms with van der Waals surface area (Å²) in [5.41, 5.74) is 0.766. The Morgan fingerprint density at radius 2 is 2.35 bits per heavy atom. The van der Waals surface area contributed by atoms with E-state index in [-0.39, 0.29) is 11.7 Å². The zero-order valence-electron chi connectivity index (χ0n) is 8.46. The molecule has 1 aromatic rings. The quantitative estimate of drug-likeness (QED) is 0.668. The molecule has 1 fully saturated rings. The minimum Gasteiger partial charge on any atom is -0.507 e. The van der Waals surface area contributed by atoms with Crippen molar-refractivity contribution in [3.8, 4) is 5.75 Å². The summed E-state index contributed by atoms with van der Waals surface area (Å²) < 4.78 is 1.04. The summed E-state index contributed by atoms with van der Waals surface area (Å²) in [6.45, 7) is 0. The zero-order chi connectivity index (χ0) is 12.4. The van der Waals surface area contributed by atoms with Crippen LogP contribution in [0.1, 0.15) is 5.56 Å². The molecule has 0 aliphatic carbocycles. The van der Waals surface area contributed by atoms with Gasteiger partial charge in [-0.15, -0.1) is 0 Å². The smallest absolute Gasteiger partial charge is 0.259 e. The van der Waals surface area contributed by atoms with Gasteiger partial charge in [0.15, 0.2) is 4.32 Å². The van der Waals surface area contributed by atoms with Gasteiger partial charge in [0, 0.05) is 0 Å². The topological polar surface area (TPSA) is 52.9 Å². The number of phenols is 1. The van der Waals surface area contributed by atoms with Gasteiger partial charge in [0.2, 0.25) is 0 Å². The average Bonchev–Trinajstić information content (AvgIpc) is 2.61. The summed E-state index contributed by atoms with van der Waals surface area (Å²) in [6.07, 6.45) is 1.53. The van der Waals surface area contributed by atoms with Crippen molar-refractivity contribution in [2.75, 3.05) is 5.75 Å². The number of benzene rings is 1. The Hall–Kier alpha value is -0.920. The number of hydrazone groups is 1. The molecular weight excluding hydrogens is 324 g/mol. The van der Waals surface area contributed by atoms with Gasteiger partial charge in [-0.2, -0.15) is 10.1 Å². The number of thioether (sulfide) groups is 1. The van der Waals surface area contributed by atoms with Crippen molar-refractivity contribution in [3.63, 3.8) is 0 Å². The summed E-state index contributed by atoms with van der Waals surface area (Å²) in [4.78, 5) is 11.4. The van der Waals surface area contributed by atoms with Crippen LogP contribution < -0.4 is 0 Å². The maximum absolute atomic E-state index is 11.4. The number of nitrogens with zero attached hydrogens (tertiary/aromatic N) is 2. The first-order chi connectivity index (χ1) is 8.08. The molecular formula is C10H7BrN2O2S2. The molecule has 0 atom stereocenters. The van der Waals surface area contributed by atoms with Crippen LogP contribution in [-0.4, -0.2) is 32.3 Å². The molecule has 1 amide bonds. The highest BCUT2D eigenvalue weighted by molar-refractivity contribution is 9.10. The third-order valence-electron chi connectivity index (χ3n) is 2.02. The largest absolute Gasteiger partial charge is 0.507 e. The van der Waals surface area contributed by atoms with Gasteiger partial charge in [-0.3, -0.25) is 4.79 Å². The van der Waals surface area contributed by atoms with E-state index in [1.807, 2.05) is 0 Å². The van der Waals surface area contributed by atoms with Crippen LogP contribution in [-0.2, 0) is 4.79 Å². The van der Waals surface area contributed by atoms with Crippen molar-refractivity contribution in [1.82, 2.24) is 5.01 Å². The van der Waals surface area contributed by atoms with Crippen molar-refractivity contribution in [2.45, 2.75) is 0 Å². The first-order valence-corrected chi connectivity index (χ1v) is 6.79. The van der Waals surface area contributed by atoms with Crippen molar-refractivity contribution in [3.05, 3.63) is 28.2 Å². The number of rotatable bonds is 2. The van der Waals surface area contributed by atoms with Crippen LogP contribution in [0.25, 0.3) is 0 Å². The van der Waals surface area contributed by atoms with Gasteiger partial charge < -0.3 is 5.11 Å². The zero-order valence-corrected chi connectivity index (χ0v) is 11.7. The number of carbonyl (C=O) groups is 1. The lowest BCUT2D eigenvalue weighted by Crippen LogP contribution is -2.22. The molecule has 4 nitrogen and oxygen atoms in total. The van der Waals surface area contributed by atoms with E-state index >= 15 is 0 Å². The van der Waals surface area contributed by atoms with E-state index < -0.39 is 0 Å². The van der Waals surface area contributed by atoms with E-state index in [0.29, 0.717) is 14.5 Å². The third kappa shape index (κ3) is 2.85. The maximum Gasteiger partial charge on any atom is 0.259 e. The lowest BCUT2D eigenvalue weighted by molar-refractivity contribution is -0.123. The molecule has 1 aliphatic heterocycles. The number of phenolic OH excluding ortho intramolecular Hbond substituents is 1. The number of hydrogen-bond donors (Lipinski definition) is 1. The standard InChI is InChI=1S/C10H7BrN2O2S2/c11-7-3-6(1-2-8(7)14)4-12-13-9(15)5-17-10(13)16/h1-4,14H,5H2/b12-4+. The van der Waals surface area contributed by atoms with Crippen molar-refractivity contribution < 1.29 is 9.90 Å². The second-order valence-corrected chi connectivity index (χ2v) is 5.68. The molecule has 88 valence electrons. The van der Waals surface area contributed by atoms with Gasteiger partial charge in [0.05, 0.1) is 16.4 Å². The first kappa shape index (κ1) is 12.5. The van der Waals surface area contributed by atoms with Crippen LogP contribution in [0.3, 0.4) is 0 Å². The first-order valence-electron chi connectivity index (χ1n) is 4.60. The number of halogens is 1. The average molecular weight is 331 g/mol. The number of aromatic hydroxyl groups is 1. The highest BCUT2D eigenvalue weighted by Crippen LogP contribution is 2.24. The molecule has 1 saturated heterocycles. The number of hydrogen-bond acceptors (Lipinski definition) is 5. The van der Waals surface area contributed by atoms with Gasteiger partial charge in [0.1, 0.15) is 5.75 Å². The highest BCUT2D eigenvalue weighted by Gasteiger charge is 2.25. The Kier molecular flexibility index (Phi) is 3.80. The molecule has 0 unspecified atom stereocenters. The SMILES string of the molecule is O=C1CSC(=S)N1/N=C/c1ccc(O)c(Br)c1. The Morgan fingerprint density at radius 3 is 2.94 bits per heavy atom. The molecule has 0 saturated carbocycles. The summed E-state index contributed by atoms with van der Waals surface area (Å²) in [5.74, 6) is 0.384. The van der Waals surface area contributed by atoms with Crippen molar-refractivity contribution in [1.29, 1.82) is 0 Å². The predicted molar refractivity (Wildman–Crippen MR) is 75.3 cm³/mol. The second kappa shape index (κ2) is 5.16. The van der Waals surface area contributed by atoms with E-state index in [2.05, 4.69) is 21.0 Å². The van der Waals surface area contributed by atoms with Gasteiger partial charge >= 0.3 is 0 Å². The summed E-state index contributed by atoms with van der Waals surface area (Å²) in [5, 5.41) is 14.6. The van der Waals surface area contributed by atoms with E-state index in [1.165, 1.54) is 23.0 Å². The molecule has 17 heavy (non-hydrogen) atoms. The normalized spacial score (nSPS) is 16.2. The van der Waals surface area contributed by atoms with E-state index in [1.54, 1.807) is 18.2 Å². The molecule has 0 bridgehead atoms. The van der Waals surface area contributed by atoms with Crippen LogP contribution in [0.5, 0.6) is 5.75 Å². The molecule has 0 spiro atoms. The van der Waals surface area contributed by atoms with E-state index in [4.69, 9.17) is 12.2 Å². The fourth-order valence-corrected chi connectivity index (χ4v) is 2.55. The molecule has 1 aliphatic rings. The van der Waals surface area contributed by atoms with Gasteiger partial charge in [0.25, 0.3) is 5.91 Å². The van der Waals surface area contributed by atoms with Gasteiger partial charge in [-0.1, -0.05) is 24.0 Å². The maximum atomic E-state index is 11.4. The molecule has 1 heterocycles. The lowest BCUT2D eigenvalue weighted by Gasteiger charge is -2.06. The second-order valence-electron chi connectivity index (χ2n) is 3.22. The molecule has 0 aromatic heterocycles. The van der Waals surface area contributed by atoms with Crippen LogP contribution in [0, 0.1) is 0 Å². The minimum absolute atomic E-state index is 0.117. The Labute approximate surface area is 116 Å². The molecule has 0 radical (unpaired) electrons. The molecule has 7 heteroatoms. The fourth-order valence-electron chi connectivity index (χ4n) is 1.19. The molecule has 2 rings (SSSR count). The number of carbonyl (C=O) groups excluding carboxylic acids is 1. The molecule has 1 aromatic carbocycles. The summed E-state index contributed by atoms with van der Waals surface area (Å²) in [7, 11) is 0. The van der Waals surface area contributed by atoms with Gasteiger partial charge in [-0.25, -0.2) is 0 Å². The predicted octanol–water partition coefficient (Wildman–Crippen LogP) is 2.35. The van der Waals surface area contributed by atoms with Crippen molar-refractivity contribution >= 4 is 56.4 Å². The van der Waals surface area contributed by atoms with E-state index in [9.17, 15) is 9.90 Å². The number of amides is 1. The fraction of sp³-hybridized carbons (Fsp3) is 0.100. The van der Waals surface area contributed by atoms with Crippen LogP contribution in [0.2, 0.25) is 0 Å². The van der Waals surface area contributed by atoms with Crippen LogP contribution >= 0.6 is 39.9 Å². The summed E-state index contributed by atoms with van der Waals surface area (Å²) >= 11 is 9.48. The Balaban J connectivity index is 2.17. The summed E-state index contributed by atoms with van der Waals surface area (Å²) in [6, 6.07) is 4.94. The Bertz CT molecular complexity index is 503. The van der Waals surface area contributed by atoms with Gasteiger partial charge in [-0.05, 0) is 39.7 Å².